The summed E-state index contributed by atoms with van der Waals surface area (Å²) in [4.78, 5) is 15.3. The van der Waals surface area contributed by atoms with Crippen molar-refractivity contribution in [3.63, 3.8) is 0 Å². The third kappa shape index (κ3) is 17.1. The minimum Gasteiger partial charge on any atom is -0.493 e. The summed E-state index contributed by atoms with van der Waals surface area (Å²) < 4.78 is 30.7. The van der Waals surface area contributed by atoms with Crippen LogP contribution in [-0.4, -0.2) is 50.3 Å². The number of para-hydroxylation sites is 1. The molecule has 0 spiro atoms. The van der Waals surface area contributed by atoms with Crippen molar-refractivity contribution in [1.29, 1.82) is 0 Å². The lowest BCUT2D eigenvalue weighted by atomic mass is 10.0. The Labute approximate surface area is 337 Å². The zero-order valence-corrected chi connectivity index (χ0v) is 34.5. The van der Waals surface area contributed by atoms with Crippen molar-refractivity contribution in [2.75, 3.05) is 39.5 Å². The molecular formula is C49H67NO6. The van der Waals surface area contributed by atoms with Crippen molar-refractivity contribution in [2.45, 2.75) is 117 Å². The van der Waals surface area contributed by atoms with E-state index in [0.717, 1.165) is 86.2 Å². The molecule has 7 heteroatoms. The summed E-state index contributed by atoms with van der Waals surface area (Å²) in [7, 11) is 0. The van der Waals surface area contributed by atoms with Crippen LogP contribution >= 0.6 is 0 Å². The van der Waals surface area contributed by atoms with Crippen LogP contribution in [0.3, 0.4) is 0 Å². The van der Waals surface area contributed by atoms with Crippen LogP contribution < -0.4 is 18.9 Å². The Bertz CT molecular complexity index is 1620. The minimum absolute atomic E-state index is 0.346. The Hall–Kier alpha value is -4.49. The summed E-state index contributed by atoms with van der Waals surface area (Å²) in [6.45, 7) is 11.6. The fourth-order valence-corrected chi connectivity index (χ4v) is 6.63. The second-order valence-corrected chi connectivity index (χ2v) is 14.5. The lowest BCUT2D eigenvalue weighted by Crippen LogP contribution is -2.27. The van der Waals surface area contributed by atoms with E-state index < -0.39 is 0 Å². The molecular weight excluding hydrogens is 699 g/mol. The predicted octanol–water partition coefficient (Wildman–Crippen LogP) is 12.0. The number of carbonyl (C=O) groups is 1. The first-order chi connectivity index (χ1) is 27.6. The SMILES string of the molecule is CCCCCCCCCCOc1cc(OCCCCCCc2cccc(OCc3ccccc3)c2OCc2ccccc2)cc(C(=O)OCCN(CC)CC)c1. The molecule has 0 heterocycles. The Morgan fingerprint density at radius 1 is 0.536 bits per heavy atom. The zero-order valence-electron chi connectivity index (χ0n) is 34.5. The van der Waals surface area contributed by atoms with E-state index in [2.05, 4.69) is 62.1 Å². The number of hydrogen-bond acceptors (Lipinski definition) is 7. The molecule has 0 saturated heterocycles. The van der Waals surface area contributed by atoms with Crippen LogP contribution in [0.1, 0.15) is 125 Å². The summed E-state index contributed by atoms with van der Waals surface area (Å²) in [5, 5.41) is 0. The average molecular weight is 766 g/mol. The van der Waals surface area contributed by atoms with Gasteiger partial charge in [0.2, 0.25) is 0 Å². The fourth-order valence-electron chi connectivity index (χ4n) is 6.63. The summed E-state index contributed by atoms with van der Waals surface area (Å²) in [6, 6.07) is 32.1. The molecule has 56 heavy (non-hydrogen) atoms. The maximum Gasteiger partial charge on any atom is 0.338 e. The fraction of sp³-hybridized carbons (Fsp3) is 0.490. The monoisotopic (exact) mass is 765 g/mol. The molecule has 0 amide bonds. The van der Waals surface area contributed by atoms with Crippen LogP contribution in [0.2, 0.25) is 0 Å². The second-order valence-electron chi connectivity index (χ2n) is 14.5. The quantitative estimate of drug-likeness (QED) is 0.0387. The van der Waals surface area contributed by atoms with Crippen LogP contribution in [0.5, 0.6) is 23.0 Å². The number of esters is 1. The van der Waals surface area contributed by atoms with E-state index in [4.69, 9.17) is 23.7 Å². The summed E-state index contributed by atoms with van der Waals surface area (Å²) in [5.41, 5.74) is 3.86. The van der Waals surface area contributed by atoms with Gasteiger partial charge in [0, 0.05) is 12.6 Å². The van der Waals surface area contributed by atoms with Crippen molar-refractivity contribution in [2.24, 2.45) is 0 Å². The summed E-state index contributed by atoms with van der Waals surface area (Å²) in [6.07, 6.45) is 14.8. The Kier molecular flexibility index (Phi) is 21.5. The number of ether oxygens (including phenoxy) is 5. The van der Waals surface area contributed by atoms with Gasteiger partial charge in [-0.1, -0.05) is 151 Å². The van der Waals surface area contributed by atoms with Crippen molar-refractivity contribution in [3.05, 3.63) is 119 Å². The highest BCUT2D eigenvalue weighted by Gasteiger charge is 2.14. The third-order valence-electron chi connectivity index (χ3n) is 10.1. The van der Waals surface area contributed by atoms with Crippen molar-refractivity contribution in [1.82, 2.24) is 4.90 Å². The predicted molar refractivity (Wildman–Crippen MR) is 228 cm³/mol. The standard InChI is InChI=1S/C49H67NO6/c1-4-7-8-9-10-11-13-22-33-52-45-36-44(49(51)54-35-32-50(5-2)6-3)37-46(38-45)53-34-23-14-12-21-29-43-30-24-31-47(55-39-41-25-17-15-18-26-41)48(43)56-40-42-27-19-16-20-28-42/h15-20,24-28,30-31,36-38H,4-14,21-23,29,32-35,39-40H2,1-3H3. The van der Waals surface area contributed by atoms with E-state index in [1.54, 1.807) is 12.1 Å². The van der Waals surface area contributed by atoms with E-state index in [-0.39, 0.29) is 5.97 Å². The number of carbonyl (C=O) groups excluding carboxylic acids is 1. The molecule has 0 aliphatic heterocycles. The number of nitrogens with zero attached hydrogens (tertiary/aromatic N) is 1. The number of hydrogen-bond donors (Lipinski definition) is 0. The number of likely N-dealkylation sites (N-methyl/N-ethyl adjacent to an activating group) is 1. The molecule has 0 atom stereocenters. The van der Waals surface area contributed by atoms with Crippen LogP contribution in [-0.2, 0) is 24.4 Å². The molecule has 0 radical (unpaired) electrons. The van der Waals surface area contributed by atoms with Gasteiger partial charge in [0.1, 0.15) is 31.3 Å². The smallest absolute Gasteiger partial charge is 0.338 e. The summed E-state index contributed by atoms with van der Waals surface area (Å²) >= 11 is 0. The Morgan fingerprint density at radius 3 is 1.68 bits per heavy atom. The van der Waals surface area contributed by atoms with Gasteiger partial charge in [-0.25, -0.2) is 4.79 Å². The summed E-state index contributed by atoms with van der Waals surface area (Å²) in [5.74, 6) is 2.54. The minimum atomic E-state index is -0.346. The average Bonchev–Trinajstić information content (AvgIpc) is 3.23. The molecule has 0 aliphatic rings. The maximum absolute atomic E-state index is 13.1. The highest BCUT2D eigenvalue weighted by atomic mass is 16.5. The van der Waals surface area contributed by atoms with Gasteiger partial charge in [-0.15, -0.1) is 0 Å². The number of benzene rings is 4. The first-order valence-corrected chi connectivity index (χ1v) is 21.3. The molecule has 0 aromatic heterocycles. The molecule has 7 nitrogen and oxygen atoms in total. The Balaban J connectivity index is 1.27. The third-order valence-corrected chi connectivity index (χ3v) is 10.1. The number of rotatable bonds is 30. The normalized spacial score (nSPS) is 11.1. The van der Waals surface area contributed by atoms with Gasteiger partial charge in [0.05, 0.1) is 18.8 Å². The van der Waals surface area contributed by atoms with Gasteiger partial charge >= 0.3 is 5.97 Å². The van der Waals surface area contributed by atoms with E-state index in [1.165, 1.54) is 38.5 Å². The van der Waals surface area contributed by atoms with Crippen molar-refractivity contribution in [3.8, 4) is 23.0 Å². The van der Waals surface area contributed by atoms with Gasteiger partial charge in [-0.3, -0.25) is 0 Å². The number of aryl methyl sites for hydroxylation is 1. The molecule has 0 bridgehead atoms. The molecule has 0 fully saturated rings. The van der Waals surface area contributed by atoms with E-state index in [1.807, 2.05) is 48.5 Å². The molecule has 4 rings (SSSR count). The first kappa shape index (κ1) is 44.2. The molecule has 304 valence electrons. The number of unbranched alkanes of at least 4 members (excludes halogenated alkanes) is 10. The van der Waals surface area contributed by atoms with E-state index in [9.17, 15) is 4.79 Å². The topological polar surface area (TPSA) is 66.5 Å². The van der Waals surface area contributed by atoms with Crippen molar-refractivity contribution < 1.29 is 28.5 Å². The van der Waals surface area contributed by atoms with Gasteiger partial charge in [-0.05, 0) is 73.7 Å². The van der Waals surface area contributed by atoms with Crippen LogP contribution in [0.15, 0.2) is 97.1 Å². The van der Waals surface area contributed by atoms with Gasteiger partial charge in [-0.2, -0.15) is 0 Å². The highest BCUT2D eigenvalue weighted by molar-refractivity contribution is 5.90. The highest BCUT2D eigenvalue weighted by Crippen LogP contribution is 2.34. The lowest BCUT2D eigenvalue weighted by Gasteiger charge is -2.17. The maximum atomic E-state index is 13.1. The zero-order chi connectivity index (χ0) is 39.5. The first-order valence-electron chi connectivity index (χ1n) is 21.3. The van der Waals surface area contributed by atoms with E-state index >= 15 is 0 Å². The Morgan fingerprint density at radius 2 is 1.09 bits per heavy atom. The molecule has 4 aromatic carbocycles. The van der Waals surface area contributed by atoms with Gasteiger partial charge in [0.25, 0.3) is 0 Å². The molecule has 0 aliphatic carbocycles. The largest absolute Gasteiger partial charge is 0.493 e. The second kappa shape index (κ2) is 27.2. The van der Waals surface area contributed by atoms with Crippen molar-refractivity contribution >= 4 is 5.97 Å². The van der Waals surface area contributed by atoms with Crippen LogP contribution in [0.25, 0.3) is 0 Å². The lowest BCUT2D eigenvalue weighted by molar-refractivity contribution is 0.0465. The van der Waals surface area contributed by atoms with Crippen LogP contribution in [0, 0.1) is 0 Å². The van der Waals surface area contributed by atoms with Crippen LogP contribution in [0.4, 0.5) is 0 Å². The molecule has 0 N–H and O–H groups in total. The van der Waals surface area contributed by atoms with Gasteiger partial charge < -0.3 is 28.6 Å². The van der Waals surface area contributed by atoms with E-state index in [0.29, 0.717) is 56.6 Å². The van der Waals surface area contributed by atoms with Gasteiger partial charge in [0.15, 0.2) is 11.5 Å². The molecule has 0 saturated carbocycles. The molecule has 4 aromatic rings. The molecule has 0 unspecified atom stereocenters.